The van der Waals surface area contributed by atoms with Crippen LogP contribution in [0.25, 0.3) is 0 Å². The SMILES string of the molecule is Cc1cccc(OC[C@@H]2CCCN(C(=O)c3cccnc3)C2)c1. The summed E-state index contributed by atoms with van der Waals surface area (Å²) in [4.78, 5) is 18.5. The van der Waals surface area contributed by atoms with Gasteiger partial charge in [-0.2, -0.15) is 0 Å². The van der Waals surface area contributed by atoms with E-state index in [0.717, 1.165) is 31.7 Å². The molecule has 0 unspecified atom stereocenters. The lowest BCUT2D eigenvalue weighted by atomic mass is 9.98. The van der Waals surface area contributed by atoms with E-state index in [2.05, 4.69) is 18.0 Å². The maximum absolute atomic E-state index is 12.5. The molecule has 4 nitrogen and oxygen atoms in total. The smallest absolute Gasteiger partial charge is 0.255 e. The van der Waals surface area contributed by atoms with Crippen LogP contribution in [-0.4, -0.2) is 35.5 Å². The molecule has 0 saturated carbocycles. The third-order valence-corrected chi connectivity index (χ3v) is 4.19. The van der Waals surface area contributed by atoms with Crippen LogP contribution in [0.15, 0.2) is 48.8 Å². The highest BCUT2D eigenvalue weighted by Crippen LogP contribution is 2.20. The lowest BCUT2D eigenvalue weighted by molar-refractivity contribution is 0.0633. The number of hydrogen-bond acceptors (Lipinski definition) is 3. The second-order valence-electron chi connectivity index (χ2n) is 6.13. The Kier molecular flexibility index (Phi) is 4.91. The van der Waals surface area contributed by atoms with Gasteiger partial charge in [0.05, 0.1) is 12.2 Å². The Morgan fingerprint density at radius 3 is 3.04 bits per heavy atom. The van der Waals surface area contributed by atoms with Crippen molar-refractivity contribution in [1.82, 2.24) is 9.88 Å². The zero-order chi connectivity index (χ0) is 16.1. The Morgan fingerprint density at radius 2 is 2.26 bits per heavy atom. The van der Waals surface area contributed by atoms with Gasteiger partial charge >= 0.3 is 0 Å². The number of aromatic nitrogens is 1. The van der Waals surface area contributed by atoms with Gasteiger partial charge in [0, 0.05) is 31.4 Å². The molecule has 0 N–H and O–H groups in total. The normalized spacial score (nSPS) is 17.8. The highest BCUT2D eigenvalue weighted by atomic mass is 16.5. The zero-order valence-corrected chi connectivity index (χ0v) is 13.4. The summed E-state index contributed by atoms with van der Waals surface area (Å²) < 4.78 is 5.91. The minimum Gasteiger partial charge on any atom is -0.493 e. The third-order valence-electron chi connectivity index (χ3n) is 4.19. The van der Waals surface area contributed by atoms with Crippen LogP contribution in [0.4, 0.5) is 0 Å². The van der Waals surface area contributed by atoms with E-state index in [1.54, 1.807) is 18.5 Å². The molecule has 1 aliphatic rings. The highest BCUT2D eigenvalue weighted by Gasteiger charge is 2.25. The van der Waals surface area contributed by atoms with Gasteiger partial charge in [0.25, 0.3) is 5.91 Å². The topological polar surface area (TPSA) is 42.4 Å². The van der Waals surface area contributed by atoms with Crippen LogP contribution in [0, 0.1) is 12.8 Å². The average Bonchev–Trinajstić information content (AvgIpc) is 2.60. The molecule has 1 aromatic heterocycles. The zero-order valence-electron chi connectivity index (χ0n) is 13.4. The Hall–Kier alpha value is -2.36. The third kappa shape index (κ3) is 4.09. The van der Waals surface area contributed by atoms with Crippen LogP contribution >= 0.6 is 0 Å². The first kappa shape index (κ1) is 15.5. The number of carbonyl (C=O) groups is 1. The number of amides is 1. The van der Waals surface area contributed by atoms with Crippen molar-refractivity contribution >= 4 is 5.91 Å². The number of ether oxygens (including phenoxy) is 1. The quantitative estimate of drug-likeness (QED) is 0.870. The monoisotopic (exact) mass is 310 g/mol. The number of nitrogens with zero attached hydrogens (tertiary/aromatic N) is 2. The van der Waals surface area contributed by atoms with E-state index in [1.165, 1.54) is 5.56 Å². The van der Waals surface area contributed by atoms with E-state index >= 15 is 0 Å². The lowest BCUT2D eigenvalue weighted by Gasteiger charge is -2.32. The number of hydrogen-bond donors (Lipinski definition) is 0. The molecule has 0 radical (unpaired) electrons. The summed E-state index contributed by atoms with van der Waals surface area (Å²) >= 11 is 0. The van der Waals surface area contributed by atoms with Crippen LogP contribution in [0.1, 0.15) is 28.8 Å². The summed E-state index contributed by atoms with van der Waals surface area (Å²) in [6.45, 7) is 4.27. The summed E-state index contributed by atoms with van der Waals surface area (Å²) in [5, 5.41) is 0. The van der Waals surface area contributed by atoms with Crippen molar-refractivity contribution in [3.8, 4) is 5.75 Å². The molecule has 1 atom stereocenters. The molecule has 120 valence electrons. The fourth-order valence-corrected chi connectivity index (χ4v) is 2.98. The van der Waals surface area contributed by atoms with Gasteiger partial charge in [-0.05, 0) is 49.6 Å². The molecule has 1 fully saturated rings. The minimum absolute atomic E-state index is 0.0679. The van der Waals surface area contributed by atoms with Crippen molar-refractivity contribution in [2.45, 2.75) is 19.8 Å². The lowest BCUT2D eigenvalue weighted by Crippen LogP contribution is -2.41. The van der Waals surface area contributed by atoms with Crippen molar-refractivity contribution < 1.29 is 9.53 Å². The van der Waals surface area contributed by atoms with Gasteiger partial charge in [-0.3, -0.25) is 9.78 Å². The number of carbonyl (C=O) groups excluding carboxylic acids is 1. The van der Waals surface area contributed by atoms with E-state index in [4.69, 9.17) is 4.74 Å². The number of pyridine rings is 1. The van der Waals surface area contributed by atoms with E-state index in [0.29, 0.717) is 18.1 Å². The molecule has 0 spiro atoms. The maximum atomic E-state index is 12.5. The highest BCUT2D eigenvalue weighted by molar-refractivity contribution is 5.93. The predicted molar refractivity (Wildman–Crippen MR) is 89.5 cm³/mol. The summed E-state index contributed by atoms with van der Waals surface area (Å²) in [6.07, 6.45) is 5.44. The molecular formula is C19H22N2O2. The summed E-state index contributed by atoms with van der Waals surface area (Å²) in [7, 11) is 0. The molecule has 0 bridgehead atoms. The fraction of sp³-hybridized carbons (Fsp3) is 0.368. The van der Waals surface area contributed by atoms with Gasteiger partial charge in [-0.1, -0.05) is 12.1 Å². The predicted octanol–water partition coefficient (Wildman–Crippen LogP) is 3.32. The number of benzene rings is 1. The fourth-order valence-electron chi connectivity index (χ4n) is 2.98. The van der Waals surface area contributed by atoms with Crippen molar-refractivity contribution in [2.24, 2.45) is 5.92 Å². The Balaban J connectivity index is 1.57. The van der Waals surface area contributed by atoms with Crippen LogP contribution < -0.4 is 4.74 Å². The first-order valence-corrected chi connectivity index (χ1v) is 8.11. The van der Waals surface area contributed by atoms with E-state index in [9.17, 15) is 4.79 Å². The summed E-state index contributed by atoms with van der Waals surface area (Å²) in [5.41, 5.74) is 1.85. The molecule has 1 aromatic carbocycles. The summed E-state index contributed by atoms with van der Waals surface area (Å²) in [5.74, 6) is 1.35. The molecular weight excluding hydrogens is 288 g/mol. The van der Waals surface area contributed by atoms with Gasteiger partial charge in [0.15, 0.2) is 0 Å². The van der Waals surface area contributed by atoms with Crippen LogP contribution in [-0.2, 0) is 0 Å². The molecule has 2 aromatic rings. The van der Waals surface area contributed by atoms with Gasteiger partial charge in [-0.25, -0.2) is 0 Å². The standard InChI is InChI=1S/C19H22N2O2/c1-15-5-2-8-18(11-15)23-14-16-6-4-10-21(13-16)19(22)17-7-3-9-20-12-17/h2-3,5,7-9,11-12,16H,4,6,10,13-14H2,1H3/t16-/m1/s1. The molecule has 4 heteroatoms. The van der Waals surface area contributed by atoms with Crippen molar-refractivity contribution in [2.75, 3.05) is 19.7 Å². The van der Waals surface area contributed by atoms with Gasteiger partial charge < -0.3 is 9.64 Å². The second-order valence-corrected chi connectivity index (χ2v) is 6.13. The molecule has 2 heterocycles. The second kappa shape index (κ2) is 7.27. The molecule has 1 amide bonds. The number of likely N-dealkylation sites (tertiary alicyclic amines) is 1. The average molecular weight is 310 g/mol. The van der Waals surface area contributed by atoms with Crippen LogP contribution in [0.2, 0.25) is 0 Å². The number of aryl methyl sites for hydroxylation is 1. The summed E-state index contributed by atoms with van der Waals surface area (Å²) in [6, 6.07) is 11.7. The largest absolute Gasteiger partial charge is 0.493 e. The van der Waals surface area contributed by atoms with Crippen molar-refractivity contribution in [1.29, 1.82) is 0 Å². The van der Waals surface area contributed by atoms with Gasteiger partial charge in [-0.15, -0.1) is 0 Å². The van der Waals surface area contributed by atoms with Crippen molar-refractivity contribution in [3.63, 3.8) is 0 Å². The Labute approximate surface area is 137 Å². The number of piperidine rings is 1. The van der Waals surface area contributed by atoms with Crippen molar-refractivity contribution in [3.05, 3.63) is 59.9 Å². The maximum Gasteiger partial charge on any atom is 0.255 e. The van der Waals surface area contributed by atoms with E-state index < -0.39 is 0 Å². The van der Waals surface area contributed by atoms with E-state index in [1.807, 2.05) is 29.2 Å². The molecule has 0 aliphatic carbocycles. The van der Waals surface area contributed by atoms with Gasteiger partial charge in [0.2, 0.25) is 0 Å². The molecule has 3 rings (SSSR count). The van der Waals surface area contributed by atoms with E-state index in [-0.39, 0.29) is 5.91 Å². The minimum atomic E-state index is 0.0679. The number of rotatable bonds is 4. The molecule has 1 saturated heterocycles. The van der Waals surface area contributed by atoms with Crippen LogP contribution in [0.3, 0.4) is 0 Å². The first-order chi connectivity index (χ1) is 11.2. The van der Waals surface area contributed by atoms with Gasteiger partial charge in [0.1, 0.15) is 5.75 Å². The Morgan fingerprint density at radius 1 is 1.35 bits per heavy atom. The first-order valence-electron chi connectivity index (χ1n) is 8.11. The molecule has 1 aliphatic heterocycles. The Bertz CT molecular complexity index is 657. The van der Waals surface area contributed by atoms with Crippen LogP contribution in [0.5, 0.6) is 5.75 Å². The molecule has 23 heavy (non-hydrogen) atoms.